The number of carbonyl (C=O) groups is 3. The van der Waals surface area contributed by atoms with E-state index in [4.69, 9.17) is 5.11 Å². The minimum absolute atomic E-state index is 0.197. The fourth-order valence-corrected chi connectivity index (χ4v) is 1.55. The van der Waals surface area contributed by atoms with Crippen molar-refractivity contribution in [2.75, 3.05) is 12.4 Å². The van der Waals surface area contributed by atoms with Crippen molar-refractivity contribution in [1.29, 1.82) is 0 Å². The van der Waals surface area contributed by atoms with Crippen LogP contribution in [0.25, 0.3) is 0 Å². The van der Waals surface area contributed by atoms with Gasteiger partial charge in [0.25, 0.3) is 0 Å². The number of hydrogen-bond donors (Lipinski definition) is 2. The Kier molecular flexibility index (Phi) is 4.85. The maximum Gasteiger partial charge on any atom is 0.339 e. The highest BCUT2D eigenvalue weighted by Crippen LogP contribution is 2.22. The summed E-state index contributed by atoms with van der Waals surface area (Å²) in [5.41, 5.74) is -0.661. The summed E-state index contributed by atoms with van der Waals surface area (Å²) in [6.07, 6.45) is -0.197. The minimum Gasteiger partial charge on any atom is -0.481 e. The number of nitrogens with one attached hydrogen (secondary N) is 1. The van der Waals surface area contributed by atoms with Gasteiger partial charge in [0.15, 0.2) is 0 Å². The highest BCUT2D eigenvalue weighted by atomic mass is 16.5. The molecule has 2 N–H and O–H groups in total. The number of amides is 1. The number of anilines is 1. The van der Waals surface area contributed by atoms with Gasteiger partial charge >= 0.3 is 11.9 Å². The average molecular weight is 279 g/mol. The first-order valence-corrected chi connectivity index (χ1v) is 5.98. The van der Waals surface area contributed by atoms with Crippen LogP contribution in [-0.4, -0.2) is 30.1 Å². The molecule has 0 spiro atoms. The lowest BCUT2D eigenvalue weighted by Gasteiger charge is -2.18. The van der Waals surface area contributed by atoms with Gasteiger partial charge in [-0.3, -0.25) is 9.59 Å². The van der Waals surface area contributed by atoms with E-state index in [0.29, 0.717) is 5.69 Å². The zero-order chi connectivity index (χ0) is 15.3. The van der Waals surface area contributed by atoms with Gasteiger partial charge in [0.1, 0.15) is 0 Å². The molecule has 1 rings (SSSR count). The van der Waals surface area contributed by atoms with E-state index in [9.17, 15) is 14.4 Å². The Bertz CT molecular complexity index is 536. The van der Waals surface area contributed by atoms with Crippen LogP contribution in [0.4, 0.5) is 5.69 Å². The smallest absolute Gasteiger partial charge is 0.339 e. The first-order valence-electron chi connectivity index (χ1n) is 5.98. The summed E-state index contributed by atoms with van der Waals surface area (Å²) in [6.45, 7) is 2.92. The van der Waals surface area contributed by atoms with Gasteiger partial charge in [-0.2, -0.15) is 0 Å². The fourth-order valence-electron chi connectivity index (χ4n) is 1.55. The van der Waals surface area contributed by atoms with Crippen LogP contribution in [0.3, 0.4) is 0 Å². The van der Waals surface area contributed by atoms with Crippen LogP contribution in [0.1, 0.15) is 30.6 Å². The Balaban J connectivity index is 2.87. The SMILES string of the molecule is COC(=O)c1ccccc1NC(=O)CC(C)(C)C(=O)O. The molecular weight excluding hydrogens is 262 g/mol. The van der Waals surface area contributed by atoms with E-state index in [-0.39, 0.29) is 12.0 Å². The molecule has 0 fully saturated rings. The van der Waals surface area contributed by atoms with E-state index in [1.54, 1.807) is 18.2 Å². The van der Waals surface area contributed by atoms with E-state index in [1.807, 2.05) is 0 Å². The second-order valence-corrected chi connectivity index (χ2v) is 4.95. The zero-order valence-corrected chi connectivity index (χ0v) is 11.6. The first-order chi connectivity index (χ1) is 9.27. The lowest BCUT2D eigenvalue weighted by molar-refractivity contribution is -0.148. The van der Waals surface area contributed by atoms with Crippen molar-refractivity contribution >= 4 is 23.5 Å². The van der Waals surface area contributed by atoms with Gasteiger partial charge in [-0.25, -0.2) is 4.79 Å². The molecule has 0 aliphatic rings. The Morgan fingerprint density at radius 2 is 1.85 bits per heavy atom. The molecule has 1 aromatic rings. The highest BCUT2D eigenvalue weighted by molar-refractivity contribution is 6.02. The molecule has 0 aliphatic carbocycles. The number of esters is 1. The summed E-state index contributed by atoms with van der Waals surface area (Å²) in [5.74, 6) is -2.11. The number of carboxylic acids is 1. The molecule has 6 heteroatoms. The van der Waals surface area contributed by atoms with Crippen LogP contribution < -0.4 is 5.32 Å². The monoisotopic (exact) mass is 279 g/mol. The predicted octanol–water partition coefficient (Wildman–Crippen LogP) is 1.91. The van der Waals surface area contributed by atoms with E-state index < -0.39 is 23.3 Å². The Labute approximate surface area is 116 Å². The van der Waals surface area contributed by atoms with Crippen molar-refractivity contribution in [3.05, 3.63) is 29.8 Å². The van der Waals surface area contributed by atoms with E-state index in [1.165, 1.54) is 27.0 Å². The summed E-state index contributed by atoms with van der Waals surface area (Å²) in [4.78, 5) is 34.4. The van der Waals surface area contributed by atoms with Crippen LogP contribution in [0.5, 0.6) is 0 Å². The van der Waals surface area contributed by atoms with Crippen LogP contribution in [0, 0.1) is 5.41 Å². The summed E-state index contributed by atoms with van der Waals surface area (Å²) in [5, 5.41) is 11.5. The molecule has 0 unspecified atom stereocenters. The van der Waals surface area contributed by atoms with Gasteiger partial charge in [0, 0.05) is 6.42 Å². The third-order valence-electron chi connectivity index (χ3n) is 2.79. The highest BCUT2D eigenvalue weighted by Gasteiger charge is 2.30. The maximum atomic E-state index is 11.9. The van der Waals surface area contributed by atoms with Gasteiger partial charge in [-0.15, -0.1) is 0 Å². The molecule has 1 amide bonds. The molecule has 0 radical (unpaired) electrons. The number of methoxy groups -OCH3 is 1. The topological polar surface area (TPSA) is 92.7 Å². The number of carboxylic acid groups (broad SMARTS) is 1. The van der Waals surface area contributed by atoms with Crippen molar-refractivity contribution in [3.8, 4) is 0 Å². The van der Waals surface area contributed by atoms with Crippen molar-refractivity contribution in [3.63, 3.8) is 0 Å². The summed E-state index contributed by atoms with van der Waals surface area (Å²) in [6, 6.07) is 6.37. The third kappa shape index (κ3) is 3.81. The molecule has 20 heavy (non-hydrogen) atoms. The van der Waals surface area contributed by atoms with E-state index in [0.717, 1.165) is 0 Å². The van der Waals surface area contributed by atoms with Crippen LogP contribution in [0.2, 0.25) is 0 Å². The molecule has 0 atom stereocenters. The lowest BCUT2D eigenvalue weighted by Crippen LogP contribution is -2.29. The number of rotatable bonds is 5. The molecule has 0 saturated carbocycles. The predicted molar refractivity (Wildman–Crippen MR) is 72.4 cm³/mol. The van der Waals surface area contributed by atoms with Gasteiger partial charge in [-0.05, 0) is 26.0 Å². The normalized spacial score (nSPS) is 10.8. The molecule has 0 saturated heterocycles. The largest absolute Gasteiger partial charge is 0.481 e. The molecule has 108 valence electrons. The van der Waals surface area contributed by atoms with Crippen LogP contribution in [0.15, 0.2) is 24.3 Å². The third-order valence-corrected chi connectivity index (χ3v) is 2.79. The fraction of sp³-hybridized carbons (Fsp3) is 0.357. The molecular formula is C14H17NO5. The van der Waals surface area contributed by atoms with Gasteiger partial charge in [0.2, 0.25) is 5.91 Å². The van der Waals surface area contributed by atoms with Crippen LogP contribution >= 0.6 is 0 Å². The van der Waals surface area contributed by atoms with Crippen LogP contribution in [-0.2, 0) is 14.3 Å². The summed E-state index contributed by atoms with van der Waals surface area (Å²) < 4.78 is 4.61. The second kappa shape index (κ2) is 6.18. The van der Waals surface area contributed by atoms with Crippen molar-refractivity contribution in [2.24, 2.45) is 5.41 Å². The standard InChI is InChI=1S/C14H17NO5/c1-14(2,13(18)19)8-11(16)15-10-7-5-4-6-9(10)12(17)20-3/h4-7H,8H2,1-3H3,(H,15,16)(H,18,19). The number of carbonyl (C=O) groups excluding carboxylic acids is 2. The number of benzene rings is 1. The Hall–Kier alpha value is -2.37. The Morgan fingerprint density at radius 1 is 1.25 bits per heavy atom. The molecule has 0 heterocycles. The lowest BCUT2D eigenvalue weighted by atomic mass is 9.89. The number of para-hydroxylation sites is 1. The molecule has 0 aromatic heterocycles. The second-order valence-electron chi connectivity index (χ2n) is 4.95. The maximum absolute atomic E-state index is 11.9. The zero-order valence-electron chi connectivity index (χ0n) is 11.6. The summed E-state index contributed by atoms with van der Waals surface area (Å²) >= 11 is 0. The minimum atomic E-state index is -1.18. The average Bonchev–Trinajstić information content (AvgIpc) is 2.37. The molecule has 1 aromatic carbocycles. The first kappa shape index (κ1) is 15.7. The van der Waals surface area contributed by atoms with Crippen molar-refractivity contribution < 1.29 is 24.2 Å². The molecule has 6 nitrogen and oxygen atoms in total. The molecule has 0 aliphatic heterocycles. The summed E-state index contributed by atoms with van der Waals surface area (Å²) in [7, 11) is 1.24. The molecule has 0 bridgehead atoms. The van der Waals surface area contributed by atoms with Crippen molar-refractivity contribution in [2.45, 2.75) is 20.3 Å². The van der Waals surface area contributed by atoms with Crippen molar-refractivity contribution in [1.82, 2.24) is 0 Å². The van der Waals surface area contributed by atoms with E-state index >= 15 is 0 Å². The number of hydrogen-bond acceptors (Lipinski definition) is 4. The van der Waals surface area contributed by atoms with Gasteiger partial charge in [0.05, 0.1) is 23.8 Å². The Morgan fingerprint density at radius 3 is 2.40 bits per heavy atom. The van der Waals surface area contributed by atoms with Gasteiger partial charge < -0.3 is 15.2 Å². The van der Waals surface area contributed by atoms with Gasteiger partial charge in [-0.1, -0.05) is 12.1 Å². The number of ether oxygens (including phenoxy) is 1. The quantitative estimate of drug-likeness (QED) is 0.803. The van der Waals surface area contributed by atoms with E-state index in [2.05, 4.69) is 10.1 Å². The number of aliphatic carboxylic acids is 1.